The third-order valence-electron chi connectivity index (χ3n) is 5.24. The Morgan fingerprint density at radius 1 is 0.800 bits per heavy atom. The summed E-state index contributed by atoms with van der Waals surface area (Å²) in [7, 11) is 0. The first-order chi connectivity index (χ1) is 17.0. The molecule has 2 aromatic heterocycles. The zero-order chi connectivity index (χ0) is 24.4. The van der Waals surface area contributed by atoms with E-state index < -0.39 is 11.8 Å². The molecule has 2 N–H and O–H groups in total. The van der Waals surface area contributed by atoms with Crippen LogP contribution in [0, 0.1) is 0 Å². The van der Waals surface area contributed by atoms with E-state index in [0.717, 1.165) is 0 Å². The van der Waals surface area contributed by atoms with Gasteiger partial charge in [-0.15, -0.1) is 0 Å². The van der Waals surface area contributed by atoms with E-state index in [1.807, 2.05) is 6.07 Å². The van der Waals surface area contributed by atoms with Gasteiger partial charge in [0.1, 0.15) is 0 Å². The van der Waals surface area contributed by atoms with Crippen LogP contribution in [0.4, 0.5) is 11.4 Å². The molecular formula is C26H17ClN4O4. The maximum Gasteiger partial charge on any atom is 0.291 e. The Hall–Kier alpha value is -4.69. The Kier molecular flexibility index (Phi) is 5.87. The first-order valence-electron chi connectivity index (χ1n) is 10.5. The highest BCUT2D eigenvalue weighted by Crippen LogP contribution is 2.27. The first kappa shape index (κ1) is 22.1. The average molecular weight is 485 g/mol. The van der Waals surface area contributed by atoms with Gasteiger partial charge >= 0.3 is 0 Å². The van der Waals surface area contributed by atoms with Gasteiger partial charge in [0.25, 0.3) is 17.4 Å². The second-order valence-corrected chi connectivity index (χ2v) is 7.96. The van der Waals surface area contributed by atoms with Crippen molar-refractivity contribution in [2.24, 2.45) is 0 Å². The zero-order valence-electron chi connectivity index (χ0n) is 18.1. The van der Waals surface area contributed by atoms with Gasteiger partial charge in [0.05, 0.1) is 28.7 Å². The van der Waals surface area contributed by atoms with Gasteiger partial charge in [-0.3, -0.25) is 14.4 Å². The number of rotatable bonds is 5. The minimum absolute atomic E-state index is 0.0438. The summed E-state index contributed by atoms with van der Waals surface area (Å²) in [6.07, 6.45) is 1.38. The number of hydrogen-bond donors (Lipinski definition) is 2. The Bertz CT molecular complexity index is 1610. The van der Waals surface area contributed by atoms with Crippen molar-refractivity contribution in [3.8, 4) is 5.69 Å². The highest BCUT2D eigenvalue weighted by molar-refractivity contribution is 6.31. The smallest absolute Gasteiger partial charge is 0.291 e. The van der Waals surface area contributed by atoms with Crippen LogP contribution in [-0.4, -0.2) is 21.6 Å². The van der Waals surface area contributed by atoms with Gasteiger partial charge in [-0.1, -0.05) is 48.0 Å². The molecule has 0 aliphatic rings. The number of para-hydroxylation sites is 1. The molecule has 0 aliphatic heterocycles. The van der Waals surface area contributed by atoms with Crippen LogP contribution in [0.25, 0.3) is 16.5 Å². The molecule has 0 radical (unpaired) electrons. The number of halogens is 1. The summed E-state index contributed by atoms with van der Waals surface area (Å²) in [5, 5.41) is 10.9. The number of anilines is 2. The van der Waals surface area contributed by atoms with Crippen LogP contribution in [0.1, 0.15) is 21.0 Å². The lowest BCUT2D eigenvalue weighted by atomic mass is 10.1. The van der Waals surface area contributed by atoms with Crippen LogP contribution < -0.4 is 16.2 Å². The van der Waals surface area contributed by atoms with Crippen LogP contribution >= 0.6 is 11.6 Å². The predicted octanol–water partition coefficient (Wildman–Crippen LogP) is 5.14. The number of furan rings is 1. The van der Waals surface area contributed by atoms with E-state index in [-0.39, 0.29) is 22.7 Å². The molecule has 0 aliphatic carbocycles. The molecule has 0 atom stereocenters. The zero-order valence-corrected chi connectivity index (χ0v) is 18.8. The molecule has 5 rings (SSSR count). The molecule has 0 unspecified atom stereocenters. The molecule has 2 amide bonds. The van der Waals surface area contributed by atoms with Gasteiger partial charge in [0, 0.05) is 10.4 Å². The standard InChI is InChI=1S/C26H17ClN4O4/c27-16-12-13-20(21(15-16)29-24(32)22-11-6-14-35-22)28-25(33)23-18-9-4-5-10-19(18)26(34)31(30-23)17-7-2-1-3-8-17/h1-15H,(H,28,33)(H,29,32). The normalized spacial score (nSPS) is 10.8. The summed E-state index contributed by atoms with van der Waals surface area (Å²) in [6, 6.07) is 23.4. The number of benzene rings is 3. The minimum atomic E-state index is -0.568. The molecule has 35 heavy (non-hydrogen) atoms. The molecule has 3 aromatic carbocycles. The van der Waals surface area contributed by atoms with Crippen molar-refractivity contribution < 1.29 is 14.0 Å². The van der Waals surface area contributed by atoms with Crippen LogP contribution in [0.2, 0.25) is 5.02 Å². The Balaban J connectivity index is 1.55. The fraction of sp³-hybridized carbons (Fsp3) is 0. The molecule has 0 saturated heterocycles. The lowest BCUT2D eigenvalue weighted by Crippen LogP contribution is -2.26. The molecule has 2 heterocycles. The van der Waals surface area contributed by atoms with Crippen LogP contribution in [0.15, 0.2) is 100 Å². The van der Waals surface area contributed by atoms with Crippen molar-refractivity contribution in [3.05, 3.63) is 118 Å². The maximum atomic E-state index is 13.4. The van der Waals surface area contributed by atoms with Gasteiger partial charge in [-0.25, -0.2) is 0 Å². The van der Waals surface area contributed by atoms with Gasteiger partial charge in [0.2, 0.25) is 0 Å². The number of nitrogens with zero attached hydrogens (tertiary/aromatic N) is 2. The minimum Gasteiger partial charge on any atom is -0.459 e. The Labute approximate surface area is 203 Å². The van der Waals surface area contributed by atoms with E-state index in [9.17, 15) is 14.4 Å². The monoisotopic (exact) mass is 484 g/mol. The van der Waals surface area contributed by atoms with E-state index in [4.69, 9.17) is 16.0 Å². The number of nitrogens with one attached hydrogen (secondary N) is 2. The molecule has 0 spiro atoms. The second-order valence-electron chi connectivity index (χ2n) is 7.52. The van der Waals surface area contributed by atoms with Crippen LogP contribution in [-0.2, 0) is 0 Å². The highest BCUT2D eigenvalue weighted by atomic mass is 35.5. The summed E-state index contributed by atoms with van der Waals surface area (Å²) < 4.78 is 6.32. The number of amides is 2. The molecule has 0 bridgehead atoms. The third kappa shape index (κ3) is 4.42. The number of carbonyl (C=O) groups excluding carboxylic acids is 2. The summed E-state index contributed by atoms with van der Waals surface area (Å²) in [5.41, 5.74) is 0.786. The van der Waals surface area contributed by atoms with Gasteiger partial charge in [-0.2, -0.15) is 9.78 Å². The van der Waals surface area contributed by atoms with E-state index >= 15 is 0 Å². The summed E-state index contributed by atoms with van der Waals surface area (Å²) in [4.78, 5) is 39.0. The SMILES string of the molecule is O=C(Nc1cc(Cl)ccc1NC(=O)c1nn(-c2ccccc2)c(=O)c2ccccc12)c1ccco1. The molecular weight excluding hydrogens is 468 g/mol. The lowest BCUT2D eigenvalue weighted by Gasteiger charge is -2.14. The Morgan fingerprint density at radius 3 is 2.26 bits per heavy atom. The van der Waals surface area contributed by atoms with E-state index in [0.29, 0.717) is 27.2 Å². The average Bonchev–Trinajstić information content (AvgIpc) is 3.42. The van der Waals surface area contributed by atoms with Crippen LogP contribution in [0.5, 0.6) is 0 Å². The second kappa shape index (κ2) is 9.28. The van der Waals surface area contributed by atoms with Gasteiger partial charge < -0.3 is 15.1 Å². The van der Waals surface area contributed by atoms with Gasteiger partial charge in [-0.05, 0) is 48.5 Å². The molecule has 172 valence electrons. The van der Waals surface area contributed by atoms with Crippen molar-refractivity contribution in [2.75, 3.05) is 10.6 Å². The third-order valence-corrected chi connectivity index (χ3v) is 5.48. The van der Waals surface area contributed by atoms with Crippen molar-refractivity contribution in [1.29, 1.82) is 0 Å². The first-order valence-corrected chi connectivity index (χ1v) is 10.9. The molecule has 5 aromatic rings. The summed E-state index contributed by atoms with van der Waals surface area (Å²) in [6.45, 7) is 0. The fourth-order valence-corrected chi connectivity index (χ4v) is 3.78. The number of hydrogen-bond acceptors (Lipinski definition) is 5. The van der Waals surface area contributed by atoms with Crippen molar-refractivity contribution in [3.63, 3.8) is 0 Å². The van der Waals surface area contributed by atoms with E-state index in [1.165, 1.54) is 23.1 Å². The molecule has 9 heteroatoms. The predicted molar refractivity (Wildman–Crippen MR) is 133 cm³/mol. The number of aromatic nitrogens is 2. The largest absolute Gasteiger partial charge is 0.459 e. The topological polar surface area (TPSA) is 106 Å². The fourth-order valence-electron chi connectivity index (χ4n) is 3.60. The van der Waals surface area contributed by atoms with Crippen LogP contribution in [0.3, 0.4) is 0 Å². The summed E-state index contributed by atoms with van der Waals surface area (Å²) in [5.74, 6) is -0.972. The number of carbonyl (C=O) groups is 2. The molecule has 8 nitrogen and oxygen atoms in total. The summed E-state index contributed by atoms with van der Waals surface area (Å²) >= 11 is 6.13. The molecule has 0 saturated carbocycles. The number of fused-ring (bicyclic) bond motifs is 1. The van der Waals surface area contributed by atoms with E-state index in [2.05, 4.69) is 15.7 Å². The van der Waals surface area contributed by atoms with Crippen molar-refractivity contribution >= 4 is 45.6 Å². The lowest BCUT2D eigenvalue weighted by molar-refractivity contribution is 0.0992. The van der Waals surface area contributed by atoms with Gasteiger partial charge in [0.15, 0.2) is 11.5 Å². The molecule has 0 fully saturated rings. The van der Waals surface area contributed by atoms with Crippen molar-refractivity contribution in [1.82, 2.24) is 9.78 Å². The quantitative estimate of drug-likeness (QED) is 0.359. The van der Waals surface area contributed by atoms with E-state index in [1.54, 1.807) is 66.7 Å². The Morgan fingerprint density at radius 2 is 1.51 bits per heavy atom. The highest BCUT2D eigenvalue weighted by Gasteiger charge is 2.20. The van der Waals surface area contributed by atoms with Crippen molar-refractivity contribution in [2.45, 2.75) is 0 Å². The maximum absolute atomic E-state index is 13.4.